The Bertz CT molecular complexity index is 166. The summed E-state index contributed by atoms with van der Waals surface area (Å²) in [6, 6.07) is 1.98. The molecule has 1 heterocycles. The first-order valence-corrected chi connectivity index (χ1v) is 4.36. The van der Waals surface area contributed by atoms with Crippen molar-refractivity contribution in [2.45, 2.75) is 45.0 Å². The molecule has 0 radical (unpaired) electrons. The Kier molecular flexibility index (Phi) is 3.51. The fourth-order valence-electron chi connectivity index (χ4n) is 1.64. The molecule has 0 spiro atoms. The number of nitriles is 1. The van der Waals surface area contributed by atoms with Crippen molar-refractivity contribution < 1.29 is 9.47 Å². The molecule has 2 atom stereocenters. The van der Waals surface area contributed by atoms with Crippen molar-refractivity contribution in [3.8, 4) is 6.07 Å². The Hall–Kier alpha value is -0.590. The Morgan fingerprint density at radius 3 is 2.50 bits per heavy atom. The zero-order chi connectivity index (χ0) is 8.97. The molecule has 0 aromatic carbocycles. The molecule has 0 aromatic heterocycles. The molecule has 0 N–H and O–H groups in total. The SMILES string of the molecule is CC1CC(OCC#N)CC(C)O1. The van der Waals surface area contributed by atoms with Crippen LogP contribution in [-0.4, -0.2) is 24.9 Å². The highest BCUT2D eigenvalue weighted by molar-refractivity contribution is 4.76. The van der Waals surface area contributed by atoms with Crippen LogP contribution in [0, 0.1) is 11.3 Å². The van der Waals surface area contributed by atoms with Crippen LogP contribution >= 0.6 is 0 Å². The van der Waals surface area contributed by atoms with E-state index in [0.717, 1.165) is 12.8 Å². The lowest BCUT2D eigenvalue weighted by atomic mass is 10.0. The minimum Gasteiger partial charge on any atom is -0.375 e. The van der Waals surface area contributed by atoms with Gasteiger partial charge in [-0.25, -0.2) is 0 Å². The Morgan fingerprint density at radius 1 is 1.42 bits per heavy atom. The summed E-state index contributed by atoms with van der Waals surface area (Å²) in [5.41, 5.74) is 0. The number of hydrogen-bond donors (Lipinski definition) is 0. The van der Waals surface area contributed by atoms with Crippen LogP contribution in [0.4, 0.5) is 0 Å². The van der Waals surface area contributed by atoms with Crippen LogP contribution in [0.1, 0.15) is 26.7 Å². The van der Waals surface area contributed by atoms with Crippen LogP contribution in [0.15, 0.2) is 0 Å². The number of hydrogen-bond acceptors (Lipinski definition) is 3. The lowest BCUT2D eigenvalue weighted by Gasteiger charge is -2.31. The summed E-state index contributed by atoms with van der Waals surface area (Å²) >= 11 is 0. The predicted molar refractivity (Wildman–Crippen MR) is 44.6 cm³/mol. The highest BCUT2D eigenvalue weighted by Gasteiger charge is 2.24. The maximum atomic E-state index is 8.32. The zero-order valence-electron chi connectivity index (χ0n) is 7.62. The molecule has 0 aliphatic carbocycles. The molecule has 68 valence electrons. The van der Waals surface area contributed by atoms with Gasteiger partial charge in [0.1, 0.15) is 6.61 Å². The van der Waals surface area contributed by atoms with Crippen LogP contribution in [0.3, 0.4) is 0 Å². The molecule has 2 unspecified atom stereocenters. The fourth-order valence-corrected chi connectivity index (χ4v) is 1.64. The first kappa shape index (κ1) is 9.50. The Morgan fingerprint density at radius 2 is 2.00 bits per heavy atom. The van der Waals surface area contributed by atoms with Crippen molar-refractivity contribution in [2.75, 3.05) is 6.61 Å². The summed E-state index contributed by atoms with van der Waals surface area (Å²) in [5.74, 6) is 0. The molecule has 3 heteroatoms. The molecular formula is C9H15NO2. The van der Waals surface area contributed by atoms with Crippen LogP contribution in [0.2, 0.25) is 0 Å². The monoisotopic (exact) mass is 169 g/mol. The molecule has 0 aromatic rings. The van der Waals surface area contributed by atoms with Gasteiger partial charge in [-0.3, -0.25) is 0 Å². The Labute approximate surface area is 73.3 Å². The van der Waals surface area contributed by atoms with Crippen LogP contribution < -0.4 is 0 Å². The average molecular weight is 169 g/mol. The van der Waals surface area contributed by atoms with Gasteiger partial charge in [0, 0.05) is 0 Å². The van der Waals surface area contributed by atoms with Gasteiger partial charge < -0.3 is 9.47 Å². The lowest BCUT2D eigenvalue weighted by molar-refractivity contribution is -0.0962. The van der Waals surface area contributed by atoms with Gasteiger partial charge in [0.2, 0.25) is 0 Å². The van der Waals surface area contributed by atoms with E-state index in [9.17, 15) is 0 Å². The molecule has 3 nitrogen and oxygen atoms in total. The van der Waals surface area contributed by atoms with E-state index < -0.39 is 0 Å². The van der Waals surface area contributed by atoms with E-state index in [1.54, 1.807) is 0 Å². The first-order chi connectivity index (χ1) is 5.72. The largest absolute Gasteiger partial charge is 0.375 e. The minimum absolute atomic E-state index is 0.199. The quantitative estimate of drug-likeness (QED) is 0.628. The molecule has 1 aliphatic rings. The number of nitrogens with zero attached hydrogens (tertiary/aromatic N) is 1. The maximum absolute atomic E-state index is 8.32. The summed E-state index contributed by atoms with van der Waals surface area (Å²) < 4.78 is 10.9. The number of rotatable bonds is 2. The second kappa shape index (κ2) is 4.44. The van der Waals surface area contributed by atoms with E-state index in [-0.39, 0.29) is 24.9 Å². The zero-order valence-corrected chi connectivity index (χ0v) is 7.62. The van der Waals surface area contributed by atoms with Crippen LogP contribution in [0.5, 0.6) is 0 Å². The Balaban J connectivity index is 2.30. The van der Waals surface area contributed by atoms with E-state index in [0.29, 0.717) is 0 Å². The topological polar surface area (TPSA) is 42.2 Å². The third kappa shape index (κ3) is 2.80. The van der Waals surface area contributed by atoms with Gasteiger partial charge in [-0.15, -0.1) is 0 Å². The van der Waals surface area contributed by atoms with Crippen LogP contribution in [-0.2, 0) is 9.47 Å². The first-order valence-electron chi connectivity index (χ1n) is 4.36. The van der Waals surface area contributed by atoms with Crippen molar-refractivity contribution in [3.63, 3.8) is 0 Å². The van der Waals surface area contributed by atoms with Crippen molar-refractivity contribution in [3.05, 3.63) is 0 Å². The van der Waals surface area contributed by atoms with Crippen LogP contribution in [0.25, 0.3) is 0 Å². The highest BCUT2D eigenvalue weighted by atomic mass is 16.5. The summed E-state index contributed by atoms with van der Waals surface area (Å²) in [4.78, 5) is 0. The van der Waals surface area contributed by atoms with Gasteiger partial charge in [0.25, 0.3) is 0 Å². The third-order valence-corrected chi connectivity index (χ3v) is 2.04. The van der Waals surface area contributed by atoms with Crippen molar-refractivity contribution in [2.24, 2.45) is 0 Å². The second-order valence-corrected chi connectivity index (χ2v) is 3.32. The summed E-state index contributed by atoms with van der Waals surface area (Å²) in [6.07, 6.45) is 2.55. The van der Waals surface area contributed by atoms with Crippen molar-refractivity contribution in [1.29, 1.82) is 5.26 Å². The molecular weight excluding hydrogens is 154 g/mol. The van der Waals surface area contributed by atoms with Gasteiger partial charge >= 0.3 is 0 Å². The minimum atomic E-state index is 0.199. The van der Waals surface area contributed by atoms with Crippen molar-refractivity contribution >= 4 is 0 Å². The lowest BCUT2D eigenvalue weighted by Crippen LogP contribution is -2.34. The van der Waals surface area contributed by atoms with Crippen molar-refractivity contribution in [1.82, 2.24) is 0 Å². The summed E-state index contributed by atoms with van der Waals surface area (Å²) in [6.45, 7) is 4.28. The molecule has 1 aliphatic heterocycles. The standard InChI is InChI=1S/C9H15NO2/c1-7-5-9(11-4-3-10)6-8(2)12-7/h7-9H,4-6H2,1-2H3. The molecule has 1 fully saturated rings. The van der Waals surface area contributed by atoms with E-state index in [1.807, 2.05) is 19.9 Å². The third-order valence-electron chi connectivity index (χ3n) is 2.04. The predicted octanol–water partition coefficient (Wildman–Crippen LogP) is 1.48. The molecule has 1 saturated heterocycles. The van der Waals surface area contributed by atoms with Gasteiger partial charge in [-0.05, 0) is 26.7 Å². The second-order valence-electron chi connectivity index (χ2n) is 3.32. The normalized spacial score (nSPS) is 35.9. The molecule has 1 rings (SSSR count). The van der Waals surface area contributed by atoms with E-state index in [4.69, 9.17) is 14.7 Å². The molecule has 0 saturated carbocycles. The van der Waals surface area contributed by atoms with E-state index in [1.165, 1.54) is 0 Å². The van der Waals surface area contributed by atoms with Gasteiger partial charge in [0.05, 0.1) is 24.4 Å². The van der Waals surface area contributed by atoms with Gasteiger partial charge in [0.15, 0.2) is 0 Å². The maximum Gasteiger partial charge on any atom is 0.134 e. The summed E-state index contributed by atoms with van der Waals surface area (Å²) in [5, 5.41) is 8.32. The average Bonchev–Trinajstić information content (AvgIpc) is 1.99. The fraction of sp³-hybridized carbons (Fsp3) is 0.889. The highest BCUT2D eigenvalue weighted by Crippen LogP contribution is 2.21. The molecule has 12 heavy (non-hydrogen) atoms. The molecule has 0 bridgehead atoms. The van der Waals surface area contributed by atoms with E-state index in [2.05, 4.69) is 0 Å². The van der Waals surface area contributed by atoms with Gasteiger partial charge in [-0.2, -0.15) is 5.26 Å². The smallest absolute Gasteiger partial charge is 0.134 e. The van der Waals surface area contributed by atoms with E-state index >= 15 is 0 Å². The number of ether oxygens (including phenoxy) is 2. The van der Waals surface area contributed by atoms with Gasteiger partial charge in [-0.1, -0.05) is 0 Å². The summed E-state index contributed by atoms with van der Waals surface area (Å²) in [7, 11) is 0. The molecule has 0 amide bonds.